The topological polar surface area (TPSA) is 134 Å². The zero-order valence-electron chi connectivity index (χ0n) is 20.1. The Morgan fingerprint density at radius 3 is 2.49 bits per heavy atom. The molecule has 0 fully saturated rings. The van der Waals surface area contributed by atoms with Gasteiger partial charge in [-0.05, 0) is 64.0 Å². The molecular weight excluding hydrogens is 478 g/mol. The lowest BCUT2D eigenvalue weighted by Gasteiger charge is -2.18. The number of amides is 2. The summed E-state index contributed by atoms with van der Waals surface area (Å²) >= 11 is 0. The molecule has 1 aromatic carbocycles. The highest BCUT2D eigenvalue weighted by Crippen LogP contribution is 2.41. The summed E-state index contributed by atoms with van der Waals surface area (Å²) < 4.78 is 35.8. The van der Waals surface area contributed by atoms with Crippen molar-refractivity contribution in [3.63, 3.8) is 0 Å². The maximum absolute atomic E-state index is 14.7. The van der Waals surface area contributed by atoms with E-state index in [1.54, 1.807) is 6.92 Å². The first-order valence-corrected chi connectivity index (χ1v) is 13.6. The van der Waals surface area contributed by atoms with Crippen LogP contribution in [0.3, 0.4) is 0 Å². The van der Waals surface area contributed by atoms with E-state index in [-0.39, 0.29) is 30.1 Å². The van der Waals surface area contributed by atoms with E-state index in [9.17, 15) is 18.5 Å². The van der Waals surface area contributed by atoms with Crippen molar-refractivity contribution in [2.75, 3.05) is 13.1 Å². The Hall–Kier alpha value is -2.42. The second kappa shape index (κ2) is 14.9. The molecule has 0 spiro atoms. The van der Waals surface area contributed by atoms with E-state index in [4.69, 9.17) is 14.5 Å². The highest BCUT2D eigenvalue weighted by atomic mass is 31.2. The molecule has 196 valence electrons. The summed E-state index contributed by atoms with van der Waals surface area (Å²) in [7, 11) is -4.89. The number of nitrogens with one attached hydrogen (secondary N) is 2. The molecule has 0 bridgehead atoms. The van der Waals surface area contributed by atoms with Crippen LogP contribution in [0, 0.1) is 6.92 Å². The molecule has 9 nitrogen and oxygen atoms in total. The minimum Gasteiger partial charge on any atom is -0.446 e. The summed E-state index contributed by atoms with van der Waals surface area (Å²) in [6, 6.07) is 4.05. The predicted octanol–water partition coefficient (Wildman–Crippen LogP) is 4.77. The molecule has 0 aromatic heterocycles. The number of ether oxygens (including phenoxy) is 1. The van der Waals surface area contributed by atoms with Crippen molar-refractivity contribution in [2.45, 2.75) is 77.0 Å². The smallest absolute Gasteiger partial charge is 0.446 e. The van der Waals surface area contributed by atoms with Gasteiger partial charge in [0.25, 0.3) is 5.91 Å². The number of rotatable bonds is 12. The summed E-state index contributed by atoms with van der Waals surface area (Å²) in [5.74, 6) is -1.27. The summed E-state index contributed by atoms with van der Waals surface area (Å²) in [6.07, 6.45) is 9.41. The highest BCUT2D eigenvalue weighted by Gasteiger charge is 2.27. The number of benzene rings is 1. The number of alkyl carbamates (subject to hydrolysis) is 1. The number of allylic oxidation sites excluding steroid dienone is 2. The molecule has 1 aromatic rings. The largest absolute Gasteiger partial charge is 0.524 e. The molecule has 2 atom stereocenters. The number of aryl methyl sites for hydroxylation is 1. The fraction of sp³-hybridized carbons (Fsp3) is 0.583. The van der Waals surface area contributed by atoms with Crippen LogP contribution in [0.1, 0.15) is 75.1 Å². The third-order valence-corrected chi connectivity index (χ3v) is 5.99. The van der Waals surface area contributed by atoms with Gasteiger partial charge in [-0.1, -0.05) is 36.6 Å². The van der Waals surface area contributed by atoms with Crippen molar-refractivity contribution in [3.8, 4) is 5.75 Å². The van der Waals surface area contributed by atoms with Crippen molar-refractivity contribution in [1.29, 1.82) is 0 Å². The van der Waals surface area contributed by atoms with Crippen molar-refractivity contribution in [2.24, 2.45) is 0 Å². The van der Waals surface area contributed by atoms with Gasteiger partial charge in [-0.15, -0.1) is 0 Å². The Labute approximate surface area is 205 Å². The van der Waals surface area contributed by atoms with Gasteiger partial charge < -0.3 is 19.9 Å². The SMILES string of the molecule is Cc1ccc(OP(=O)(O)O)c(C(F)C(=O)NCCCCCCNC(=O)OC2CC/C=C/CCC2)c1. The third kappa shape index (κ3) is 11.7. The average Bonchev–Trinajstić information content (AvgIpc) is 2.77. The number of halogens is 1. The van der Waals surface area contributed by atoms with Gasteiger partial charge in [0.15, 0.2) is 0 Å². The number of phosphoric ester groups is 1. The van der Waals surface area contributed by atoms with E-state index in [2.05, 4.69) is 27.3 Å². The fourth-order valence-electron chi connectivity index (χ4n) is 3.75. The van der Waals surface area contributed by atoms with Crippen LogP contribution in [-0.2, 0) is 14.1 Å². The molecule has 1 aliphatic rings. The lowest BCUT2D eigenvalue weighted by atomic mass is 10.0. The lowest BCUT2D eigenvalue weighted by Crippen LogP contribution is -2.30. The predicted molar refractivity (Wildman–Crippen MR) is 130 cm³/mol. The van der Waals surface area contributed by atoms with Gasteiger partial charge in [-0.2, -0.15) is 0 Å². The second-order valence-electron chi connectivity index (χ2n) is 8.62. The van der Waals surface area contributed by atoms with E-state index in [1.807, 2.05) is 0 Å². The van der Waals surface area contributed by atoms with E-state index < -0.39 is 19.9 Å². The molecule has 0 saturated carbocycles. The van der Waals surface area contributed by atoms with Crippen LogP contribution in [0.2, 0.25) is 0 Å². The van der Waals surface area contributed by atoms with Crippen LogP contribution in [0.4, 0.5) is 9.18 Å². The molecule has 0 aliphatic heterocycles. The summed E-state index contributed by atoms with van der Waals surface area (Å²) in [5, 5.41) is 5.26. The molecule has 4 N–H and O–H groups in total. The Kier molecular flexibility index (Phi) is 12.2. The van der Waals surface area contributed by atoms with Gasteiger partial charge in [-0.3, -0.25) is 14.6 Å². The van der Waals surface area contributed by atoms with Gasteiger partial charge in [0.1, 0.15) is 11.9 Å². The lowest BCUT2D eigenvalue weighted by molar-refractivity contribution is -0.126. The quantitative estimate of drug-likeness (QED) is 0.179. The van der Waals surface area contributed by atoms with Crippen LogP contribution in [-0.4, -0.2) is 41.0 Å². The number of phosphoric acid groups is 1. The number of carbonyl (C=O) groups excluding carboxylic acids is 2. The van der Waals surface area contributed by atoms with Crippen molar-refractivity contribution in [3.05, 3.63) is 41.5 Å². The molecule has 2 unspecified atom stereocenters. The summed E-state index contributed by atoms with van der Waals surface area (Å²) in [5.41, 5.74) is 0.382. The monoisotopic (exact) mass is 514 g/mol. The molecule has 0 saturated heterocycles. The first kappa shape index (κ1) is 28.8. The number of hydrogen-bond acceptors (Lipinski definition) is 5. The Bertz CT molecular complexity index is 906. The van der Waals surface area contributed by atoms with Gasteiger partial charge in [0.2, 0.25) is 6.17 Å². The minimum absolute atomic E-state index is 0.0397. The number of hydrogen-bond donors (Lipinski definition) is 4. The first-order chi connectivity index (χ1) is 16.7. The van der Waals surface area contributed by atoms with Gasteiger partial charge in [0, 0.05) is 18.7 Å². The molecule has 2 amide bonds. The molecule has 11 heteroatoms. The van der Waals surface area contributed by atoms with Crippen molar-refractivity contribution >= 4 is 19.8 Å². The normalized spacial score (nSPS) is 18.0. The molecule has 0 radical (unpaired) electrons. The number of alkyl halides is 1. The van der Waals surface area contributed by atoms with E-state index >= 15 is 0 Å². The van der Waals surface area contributed by atoms with Gasteiger partial charge in [-0.25, -0.2) is 13.8 Å². The fourth-order valence-corrected chi connectivity index (χ4v) is 4.17. The van der Waals surface area contributed by atoms with E-state index in [0.717, 1.165) is 51.4 Å². The molecule has 1 aliphatic carbocycles. The molecule has 2 rings (SSSR count). The van der Waals surface area contributed by atoms with Gasteiger partial charge >= 0.3 is 13.9 Å². The minimum atomic E-state index is -4.89. The standard InChI is InChI=1S/C24H36FN2O7P/c1-18-13-14-21(34-35(30,31)32)20(17-18)22(25)23(28)26-15-9-5-6-10-16-27-24(29)33-19-11-7-3-2-4-8-12-19/h2-3,13-14,17,19,22H,4-12,15-16H2,1H3,(H,26,28)(H,27,29)(H2,30,31,32)/b3-2+. The van der Waals surface area contributed by atoms with Crippen LogP contribution < -0.4 is 15.2 Å². The Morgan fingerprint density at radius 1 is 1.09 bits per heavy atom. The van der Waals surface area contributed by atoms with E-state index in [0.29, 0.717) is 18.5 Å². The summed E-state index contributed by atoms with van der Waals surface area (Å²) in [4.78, 5) is 42.1. The maximum atomic E-state index is 14.7. The van der Waals surface area contributed by atoms with Crippen LogP contribution in [0.15, 0.2) is 30.4 Å². The zero-order valence-corrected chi connectivity index (χ0v) is 21.0. The van der Waals surface area contributed by atoms with Gasteiger partial charge in [0.05, 0.1) is 0 Å². The van der Waals surface area contributed by atoms with Crippen LogP contribution >= 0.6 is 7.82 Å². The van der Waals surface area contributed by atoms with Crippen molar-refractivity contribution in [1.82, 2.24) is 10.6 Å². The first-order valence-electron chi connectivity index (χ1n) is 12.0. The number of unbranched alkanes of at least 4 members (excludes halogenated alkanes) is 3. The third-order valence-electron chi connectivity index (χ3n) is 5.55. The zero-order chi connectivity index (χ0) is 25.7. The highest BCUT2D eigenvalue weighted by molar-refractivity contribution is 7.46. The Balaban J connectivity index is 1.61. The maximum Gasteiger partial charge on any atom is 0.524 e. The van der Waals surface area contributed by atoms with Crippen molar-refractivity contribution < 1.29 is 37.6 Å². The van der Waals surface area contributed by atoms with Crippen LogP contribution in [0.25, 0.3) is 0 Å². The molecular formula is C24H36FN2O7P. The van der Waals surface area contributed by atoms with E-state index in [1.165, 1.54) is 18.2 Å². The van der Waals surface area contributed by atoms with Crippen LogP contribution in [0.5, 0.6) is 5.75 Å². The molecule has 0 heterocycles. The summed E-state index contributed by atoms with van der Waals surface area (Å²) in [6.45, 7) is 2.42. The number of carbonyl (C=O) groups is 2. The molecule has 35 heavy (non-hydrogen) atoms. The average molecular weight is 515 g/mol. The second-order valence-corrected chi connectivity index (χ2v) is 9.79. The Morgan fingerprint density at radius 2 is 1.77 bits per heavy atom.